The molecule has 2 aromatic heterocycles. The SMILES string of the molecule is COC(=O)Nc1ccc(NC(=O)[C@H](Cc2ccccc2)NC(=O)/C=C/c2cc(CI)ccc2-n2cnnn2)nc1. The zero-order valence-electron chi connectivity index (χ0n) is 21.3. The van der Waals surface area contributed by atoms with Crippen molar-refractivity contribution < 1.29 is 19.1 Å². The van der Waals surface area contributed by atoms with E-state index in [1.165, 1.54) is 36.5 Å². The standard InChI is InChI=1S/C27H25IN8O4/c1-40-27(39)31-21-9-11-24(29-16-21)33-26(38)22(14-18-5-3-2-4-6-18)32-25(37)12-8-20-13-19(15-28)7-10-23(20)36-17-30-34-35-36/h2-13,16-17,22H,14-15H2,1H3,(H,31,39)(H,32,37)(H,29,33,38)/b12-8+/t22-/m0/s1. The number of ether oxygens (including phenoxy) is 1. The Morgan fingerprint density at radius 3 is 2.55 bits per heavy atom. The molecule has 0 aliphatic rings. The van der Waals surface area contributed by atoms with Gasteiger partial charge in [-0.2, -0.15) is 4.68 Å². The lowest BCUT2D eigenvalue weighted by molar-refractivity contribution is -0.123. The molecule has 13 heteroatoms. The van der Waals surface area contributed by atoms with Gasteiger partial charge in [-0.3, -0.25) is 14.9 Å². The first-order chi connectivity index (χ1) is 19.4. The normalized spacial score (nSPS) is 11.6. The molecule has 1 atom stereocenters. The van der Waals surface area contributed by atoms with Crippen LogP contribution in [-0.4, -0.2) is 56.3 Å². The van der Waals surface area contributed by atoms with E-state index in [9.17, 15) is 14.4 Å². The van der Waals surface area contributed by atoms with Gasteiger partial charge >= 0.3 is 6.09 Å². The molecule has 0 bridgehead atoms. The lowest BCUT2D eigenvalue weighted by atomic mass is 10.0. The monoisotopic (exact) mass is 652 g/mol. The lowest BCUT2D eigenvalue weighted by Crippen LogP contribution is -2.44. The maximum Gasteiger partial charge on any atom is 0.411 e. The van der Waals surface area contributed by atoms with Gasteiger partial charge in [0.25, 0.3) is 0 Å². The maximum absolute atomic E-state index is 13.2. The number of alkyl halides is 1. The fraction of sp³-hybridized carbons (Fsp3) is 0.148. The summed E-state index contributed by atoms with van der Waals surface area (Å²) >= 11 is 2.26. The van der Waals surface area contributed by atoms with Crippen LogP contribution in [0, 0.1) is 0 Å². The third-order valence-electron chi connectivity index (χ3n) is 5.62. The third kappa shape index (κ3) is 7.92. The summed E-state index contributed by atoms with van der Waals surface area (Å²) < 4.78 is 6.85. The molecule has 0 aliphatic carbocycles. The number of hydrogen-bond acceptors (Lipinski definition) is 8. The molecule has 0 saturated heterocycles. The quantitative estimate of drug-likeness (QED) is 0.134. The van der Waals surface area contributed by atoms with Crippen molar-refractivity contribution in [2.45, 2.75) is 16.9 Å². The highest BCUT2D eigenvalue weighted by Gasteiger charge is 2.21. The predicted octanol–water partition coefficient (Wildman–Crippen LogP) is 3.55. The van der Waals surface area contributed by atoms with Crippen molar-refractivity contribution in [1.82, 2.24) is 30.5 Å². The molecule has 0 spiro atoms. The van der Waals surface area contributed by atoms with Crippen LogP contribution in [0.5, 0.6) is 0 Å². The van der Waals surface area contributed by atoms with Gasteiger partial charge in [0.05, 0.1) is 24.7 Å². The van der Waals surface area contributed by atoms with Crippen molar-refractivity contribution in [2.24, 2.45) is 0 Å². The molecule has 4 aromatic rings. The number of hydrogen-bond donors (Lipinski definition) is 3. The molecule has 0 unspecified atom stereocenters. The van der Waals surface area contributed by atoms with Crippen molar-refractivity contribution in [2.75, 3.05) is 17.7 Å². The van der Waals surface area contributed by atoms with Crippen molar-refractivity contribution in [1.29, 1.82) is 0 Å². The number of halogens is 1. The Morgan fingerprint density at radius 2 is 1.88 bits per heavy atom. The van der Waals surface area contributed by atoms with E-state index in [0.29, 0.717) is 11.4 Å². The summed E-state index contributed by atoms with van der Waals surface area (Å²) in [7, 11) is 1.25. The topological polar surface area (TPSA) is 153 Å². The maximum atomic E-state index is 13.2. The van der Waals surface area contributed by atoms with Crippen molar-refractivity contribution in [3.8, 4) is 5.69 Å². The number of aromatic nitrogens is 5. The molecule has 0 fully saturated rings. The highest BCUT2D eigenvalue weighted by molar-refractivity contribution is 14.1. The molecule has 204 valence electrons. The minimum absolute atomic E-state index is 0.255. The van der Waals surface area contributed by atoms with E-state index in [-0.39, 0.29) is 12.2 Å². The van der Waals surface area contributed by atoms with E-state index in [1.54, 1.807) is 12.1 Å². The molecule has 0 aliphatic heterocycles. The van der Waals surface area contributed by atoms with Crippen LogP contribution in [0.1, 0.15) is 16.7 Å². The van der Waals surface area contributed by atoms with Gasteiger partial charge in [0.2, 0.25) is 11.8 Å². The van der Waals surface area contributed by atoms with Crippen LogP contribution in [-0.2, 0) is 25.2 Å². The molecule has 0 radical (unpaired) electrons. The van der Waals surface area contributed by atoms with E-state index in [1.807, 2.05) is 48.5 Å². The van der Waals surface area contributed by atoms with Crippen LogP contribution in [0.3, 0.4) is 0 Å². The molecule has 4 rings (SSSR count). The largest absolute Gasteiger partial charge is 0.453 e. The molecule has 0 saturated carbocycles. The highest BCUT2D eigenvalue weighted by atomic mass is 127. The number of carbonyl (C=O) groups is 3. The van der Waals surface area contributed by atoms with Gasteiger partial charge in [-0.1, -0.05) is 59.0 Å². The molecule has 3 N–H and O–H groups in total. The van der Waals surface area contributed by atoms with E-state index in [4.69, 9.17) is 0 Å². The number of nitrogens with zero attached hydrogens (tertiary/aromatic N) is 5. The van der Waals surface area contributed by atoms with Crippen LogP contribution in [0.2, 0.25) is 0 Å². The Labute approximate surface area is 243 Å². The van der Waals surface area contributed by atoms with Gasteiger partial charge in [0.15, 0.2) is 0 Å². The van der Waals surface area contributed by atoms with Crippen LogP contribution in [0.25, 0.3) is 11.8 Å². The smallest absolute Gasteiger partial charge is 0.411 e. The molecule has 2 aromatic carbocycles. The fourth-order valence-electron chi connectivity index (χ4n) is 3.67. The van der Waals surface area contributed by atoms with Crippen molar-refractivity contribution in [3.63, 3.8) is 0 Å². The number of methoxy groups -OCH3 is 1. The predicted molar refractivity (Wildman–Crippen MR) is 157 cm³/mol. The van der Waals surface area contributed by atoms with Crippen LogP contribution < -0.4 is 16.0 Å². The summed E-state index contributed by atoms with van der Waals surface area (Å²) in [6, 6.07) is 17.4. The summed E-state index contributed by atoms with van der Waals surface area (Å²) in [5.41, 5.74) is 3.78. The second-order valence-electron chi connectivity index (χ2n) is 8.40. The summed E-state index contributed by atoms with van der Waals surface area (Å²) in [6.07, 6.45) is 5.51. The third-order valence-corrected chi connectivity index (χ3v) is 6.50. The number of benzene rings is 2. The van der Waals surface area contributed by atoms with E-state index < -0.39 is 23.9 Å². The number of tetrazole rings is 1. The Hall–Kier alpha value is -4.66. The Balaban J connectivity index is 1.50. The Kier molecular flexibility index (Phi) is 9.88. The lowest BCUT2D eigenvalue weighted by Gasteiger charge is -2.18. The fourth-order valence-corrected chi connectivity index (χ4v) is 4.14. The van der Waals surface area contributed by atoms with Gasteiger partial charge in [-0.15, -0.1) is 5.10 Å². The van der Waals surface area contributed by atoms with E-state index in [0.717, 1.165) is 21.1 Å². The Bertz CT molecular complexity index is 1480. The van der Waals surface area contributed by atoms with E-state index >= 15 is 0 Å². The first-order valence-electron chi connectivity index (χ1n) is 12.0. The summed E-state index contributed by atoms with van der Waals surface area (Å²) in [4.78, 5) is 41.8. The zero-order chi connectivity index (χ0) is 28.3. The van der Waals surface area contributed by atoms with Crippen LogP contribution in [0.4, 0.5) is 16.3 Å². The second-order valence-corrected chi connectivity index (χ2v) is 9.17. The Morgan fingerprint density at radius 1 is 1.05 bits per heavy atom. The van der Waals surface area contributed by atoms with Crippen LogP contribution in [0.15, 0.2) is 79.3 Å². The minimum atomic E-state index is -0.895. The summed E-state index contributed by atoms with van der Waals surface area (Å²) in [5.74, 6) is -0.651. The molecule has 12 nitrogen and oxygen atoms in total. The molecule has 40 heavy (non-hydrogen) atoms. The first-order valence-corrected chi connectivity index (χ1v) is 13.5. The number of amides is 3. The molecular weight excluding hydrogens is 627 g/mol. The van der Waals surface area contributed by atoms with Crippen LogP contribution >= 0.6 is 22.6 Å². The minimum Gasteiger partial charge on any atom is -0.453 e. The van der Waals surface area contributed by atoms with Gasteiger partial charge in [0.1, 0.15) is 18.2 Å². The summed E-state index contributed by atoms with van der Waals surface area (Å²) in [6.45, 7) is 0. The van der Waals surface area contributed by atoms with Crippen molar-refractivity contribution in [3.05, 3.63) is 96.0 Å². The number of pyridine rings is 1. The van der Waals surface area contributed by atoms with Gasteiger partial charge in [-0.05, 0) is 51.9 Å². The van der Waals surface area contributed by atoms with Gasteiger partial charge < -0.3 is 15.4 Å². The number of carbonyl (C=O) groups excluding carboxylic acids is 3. The van der Waals surface area contributed by atoms with Gasteiger partial charge in [0, 0.05) is 22.5 Å². The average Bonchev–Trinajstić information content (AvgIpc) is 3.52. The average molecular weight is 652 g/mol. The molecule has 3 amide bonds. The second kappa shape index (κ2) is 13.9. The highest BCUT2D eigenvalue weighted by Crippen LogP contribution is 2.19. The van der Waals surface area contributed by atoms with E-state index in [2.05, 4.69) is 63.8 Å². The molecule has 2 heterocycles. The van der Waals surface area contributed by atoms with Gasteiger partial charge in [-0.25, -0.2) is 9.78 Å². The van der Waals surface area contributed by atoms with Crippen molar-refractivity contribution >= 4 is 58.1 Å². The zero-order valence-corrected chi connectivity index (χ0v) is 23.5. The first kappa shape index (κ1) is 28.4. The number of anilines is 2. The molecular formula is C27H25IN8O4. The number of rotatable bonds is 10. The summed E-state index contributed by atoms with van der Waals surface area (Å²) in [5, 5.41) is 19.3. The number of nitrogens with one attached hydrogen (secondary N) is 3.